The van der Waals surface area contributed by atoms with E-state index in [1.54, 1.807) is 30.3 Å². The van der Waals surface area contributed by atoms with E-state index in [9.17, 15) is 9.59 Å². The Morgan fingerprint density at radius 1 is 1.14 bits per heavy atom. The van der Waals surface area contributed by atoms with Gasteiger partial charge in [0.05, 0.1) is 11.5 Å². The van der Waals surface area contributed by atoms with E-state index in [1.807, 2.05) is 0 Å². The second kappa shape index (κ2) is 3.62. The van der Waals surface area contributed by atoms with E-state index >= 15 is 0 Å². The molecule has 1 aliphatic carbocycles. The van der Waals surface area contributed by atoms with Crippen LogP contribution in [-0.2, 0) is 9.53 Å². The Kier molecular flexibility index (Phi) is 2.31. The molecule has 3 heteroatoms. The van der Waals surface area contributed by atoms with Crippen molar-refractivity contribution in [2.45, 2.75) is 12.8 Å². The molecular formula is C11H10O3. The predicted molar refractivity (Wildman–Crippen MR) is 49.6 cm³/mol. The predicted octanol–water partition coefficient (Wildman–Crippen LogP) is 1.78. The van der Waals surface area contributed by atoms with Crippen molar-refractivity contribution in [3.63, 3.8) is 0 Å². The molecule has 0 bridgehead atoms. The van der Waals surface area contributed by atoms with Crippen LogP contribution in [0.3, 0.4) is 0 Å². The Bertz CT molecular complexity index is 352. The molecule has 3 nitrogen and oxygen atoms in total. The molecule has 0 aliphatic heterocycles. The van der Waals surface area contributed by atoms with Gasteiger partial charge in [0.15, 0.2) is 0 Å². The minimum Gasteiger partial charge on any atom is -0.389 e. The quantitative estimate of drug-likeness (QED) is 0.527. The Morgan fingerprint density at radius 3 is 2.36 bits per heavy atom. The molecular weight excluding hydrogens is 180 g/mol. The molecule has 14 heavy (non-hydrogen) atoms. The first-order chi connectivity index (χ1) is 6.77. The zero-order chi connectivity index (χ0) is 9.97. The number of carbonyl (C=O) groups excluding carboxylic acids is 2. The highest BCUT2D eigenvalue weighted by atomic mass is 16.6. The molecule has 1 aromatic carbocycles. The van der Waals surface area contributed by atoms with Crippen LogP contribution in [0.1, 0.15) is 23.2 Å². The van der Waals surface area contributed by atoms with Gasteiger partial charge >= 0.3 is 11.9 Å². The second-order valence-electron chi connectivity index (χ2n) is 3.35. The summed E-state index contributed by atoms with van der Waals surface area (Å²) in [7, 11) is 0. The van der Waals surface area contributed by atoms with E-state index in [0.29, 0.717) is 5.56 Å². The average molecular weight is 190 g/mol. The van der Waals surface area contributed by atoms with Crippen molar-refractivity contribution in [3.05, 3.63) is 35.9 Å². The Morgan fingerprint density at radius 2 is 1.79 bits per heavy atom. The van der Waals surface area contributed by atoms with Gasteiger partial charge in [-0.3, -0.25) is 4.79 Å². The molecule has 0 amide bonds. The van der Waals surface area contributed by atoms with E-state index in [2.05, 4.69) is 4.74 Å². The highest BCUT2D eigenvalue weighted by Crippen LogP contribution is 2.30. The van der Waals surface area contributed by atoms with E-state index in [0.717, 1.165) is 12.8 Å². The molecule has 72 valence electrons. The summed E-state index contributed by atoms with van der Waals surface area (Å²) in [6.07, 6.45) is 1.70. The summed E-state index contributed by atoms with van der Waals surface area (Å²) >= 11 is 0. The molecule has 1 fully saturated rings. The molecule has 2 rings (SSSR count). The summed E-state index contributed by atoms with van der Waals surface area (Å²) in [5.74, 6) is -0.982. The maximum atomic E-state index is 11.3. The molecule has 0 spiro atoms. The fraction of sp³-hybridized carbons (Fsp3) is 0.273. The lowest BCUT2D eigenvalue weighted by molar-refractivity contribution is -0.139. The minimum absolute atomic E-state index is 0.0392. The largest absolute Gasteiger partial charge is 0.389 e. The van der Waals surface area contributed by atoms with Gasteiger partial charge in [-0.1, -0.05) is 18.2 Å². The van der Waals surface area contributed by atoms with Crippen molar-refractivity contribution >= 4 is 11.9 Å². The zero-order valence-corrected chi connectivity index (χ0v) is 7.60. The number of ether oxygens (including phenoxy) is 1. The van der Waals surface area contributed by atoms with Gasteiger partial charge in [-0.2, -0.15) is 0 Å². The summed E-state index contributed by atoms with van der Waals surface area (Å²) in [4.78, 5) is 22.5. The maximum absolute atomic E-state index is 11.3. The molecule has 1 saturated carbocycles. The summed E-state index contributed by atoms with van der Waals surface area (Å²) in [5, 5.41) is 0. The number of esters is 2. The third kappa shape index (κ3) is 1.99. The summed E-state index contributed by atoms with van der Waals surface area (Å²) in [6.45, 7) is 0. The lowest BCUT2D eigenvalue weighted by Crippen LogP contribution is -2.13. The van der Waals surface area contributed by atoms with Crippen LogP contribution < -0.4 is 0 Å². The Labute approximate surface area is 81.7 Å². The lowest BCUT2D eigenvalue weighted by atomic mass is 10.2. The fourth-order valence-electron chi connectivity index (χ4n) is 1.13. The second-order valence-corrected chi connectivity index (χ2v) is 3.35. The third-order valence-electron chi connectivity index (χ3n) is 2.11. The lowest BCUT2D eigenvalue weighted by Gasteiger charge is -2.00. The summed E-state index contributed by atoms with van der Waals surface area (Å²) in [6, 6.07) is 8.53. The number of benzene rings is 1. The maximum Gasteiger partial charge on any atom is 0.345 e. The Balaban J connectivity index is 1.98. The molecule has 0 atom stereocenters. The van der Waals surface area contributed by atoms with Gasteiger partial charge in [0, 0.05) is 0 Å². The normalized spacial score (nSPS) is 14.9. The number of hydrogen-bond acceptors (Lipinski definition) is 3. The van der Waals surface area contributed by atoms with Gasteiger partial charge < -0.3 is 4.74 Å². The molecule has 1 aromatic rings. The van der Waals surface area contributed by atoms with Crippen LogP contribution in [0.4, 0.5) is 0 Å². The number of rotatable bonds is 2. The average Bonchev–Trinajstić information content (AvgIpc) is 3.02. The van der Waals surface area contributed by atoms with Crippen LogP contribution in [-0.4, -0.2) is 11.9 Å². The van der Waals surface area contributed by atoms with Crippen molar-refractivity contribution in [1.29, 1.82) is 0 Å². The van der Waals surface area contributed by atoms with Gasteiger partial charge in [-0.05, 0) is 25.0 Å². The number of hydrogen-bond donors (Lipinski definition) is 0. The van der Waals surface area contributed by atoms with Gasteiger partial charge in [-0.15, -0.1) is 0 Å². The first-order valence-corrected chi connectivity index (χ1v) is 4.58. The standard InChI is InChI=1S/C11H10O3/c12-10(8-4-2-1-3-5-8)14-11(13)9-6-7-9/h1-5,9H,6-7H2. The van der Waals surface area contributed by atoms with E-state index < -0.39 is 5.97 Å². The zero-order valence-electron chi connectivity index (χ0n) is 7.60. The highest BCUT2D eigenvalue weighted by molar-refractivity contribution is 5.97. The summed E-state index contributed by atoms with van der Waals surface area (Å²) < 4.78 is 4.68. The van der Waals surface area contributed by atoms with Crippen LogP contribution in [0.2, 0.25) is 0 Å². The first kappa shape index (κ1) is 8.94. The van der Waals surface area contributed by atoms with Crippen LogP contribution in [0, 0.1) is 5.92 Å². The SMILES string of the molecule is O=C(OC(=O)C1CC1)c1ccccc1. The molecule has 0 saturated heterocycles. The van der Waals surface area contributed by atoms with Gasteiger partial charge in [0.1, 0.15) is 0 Å². The molecule has 1 aliphatic rings. The molecule has 0 N–H and O–H groups in total. The topological polar surface area (TPSA) is 43.4 Å². The van der Waals surface area contributed by atoms with E-state index in [1.165, 1.54) is 0 Å². The monoisotopic (exact) mass is 190 g/mol. The Hall–Kier alpha value is -1.64. The van der Waals surface area contributed by atoms with Gasteiger partial charge in [0.25, 0.3) is 0 Å². The van der Waals surface area contributed by atoms with Crippen molar-refractivity contribution in [2.24, 2.45) is 5.92 Å². The molecule has 0 aromatic heterocycles. The molecule has 0 radical (unpaired) electrons. The van der Waals surface area contributed by atoms with Gasteiger partial charge in [0.2, 0.25) is 0 Å². The van der Waals surface area contributed by atoms with Crippen molar-refractivity contribution in [1.82, 2.24) is 0 Å². The van der Waals surface area contributed by atoms with Crippen molar-refractivity contribution in [3.8, 4) is 0 Å². The van der Waals surface area contributed by atoms with Crippen LogP contribution >= 0.6 is 0 Å². The van der Waals surface area contributed by atoms with Crippen molar-refractivity contribution in [2.75, 3.05) is 0 Å². The van der Waals surface area contributed by atoms with Crippen molar-refractivity contribution < 1.29 is 14.3 Å². The summed E-state index contributed by atoms with van der Waals surface area (Å²) in [5.41, 5.74) is 0.418. The molecule has 0 heterocycles. The van der Waals surface area contributed by atoms with E-state index in [4.69, 9.17) is 0 Å². The third-order valence-corrected chi connectivity index (χ3v) is 2.11. The van der Waals surface area contributed by atoms with Crippen LogP contribution in [0.5, 0.6) is 0 Å². The van der Waals surface area contributed by atoms with E-state index in [-0.39, 0.29) is 11.9 Å². The van der Waals surface area contributed by atoms with Gasteiger partial charge in [-0.25, -0.2) is 4.79 Å². The smallest absolute Gasteiger partial charge is 0.345 e. The fourth-order valence-corrected chi connectivity index (χ4v) is 1.13. The minimum atomic E-state index is -0.553. The molecule has 0 unspecified atom stereocenters. The highest BCUT2D eigenvalue weighted by Gasteiger charge is 2.32. The number of carbonyl (C=O) groups is 2. The first-order valence-electron chi connectivity index (χ1n) is 4.58. The van der Waals surface area contributed by atoms with Crippen LogP contribution in [0.15, 0.2) is 30.3 Å². The van der Waals surface area contributed by atoms with Crippen LogP contribution in [0.25, 0.3) is 0 Å².